The minimum Gasteiger partial charge on any atom is -0.369 e. The predicted molar refractivity (Wildman–Crippen MR) is 138 cm³/mol. The highest BCUT2D eigenvalue weighted by Gasteiger charge is 2.32. The summed E-state index contributed by atoms with van der Waals surface area (Å²) >= 11 is 0. The van der Waals surface area contributed by atoms with Gasteiger partial charge in [0.15, 0.2) is 5.96 Å². The number of aliphatic imine (C=N–C) groups is 1. The Morgan fingerprint density at radius 3 is 2.74 bits per heavy atom. The molecule has 2 aliphatic rings. The van der Waals surface area contributed by atoms with E-state index in [1.165, 1.54) is 32.1 Å². The zero-order chi connectivity index (χ0) is 21.4. The first-order chi connectivity index (χ1) is 14.6. The van der Waals surface area contributed by atoms with Crippen molar-refractivity contribution in [3.63, 3.8) is 0 Å². The van der Waals surface area contributed by atoms with Crippen molar-refractivity contribution in [1.82, 2.24) is 15.6 Å². The molecule has 8 heteroatoms. The number of nitrogens with two attached hydrogens (primary N) is 1. The van der Waals surface area contributed by atoms with Gasteiger partial charge in [0.05, 0.1) is 12.5 Å². The molecule has 0 aromatic carbocycles. The van der Waals surface area contributed by atoms with Gasteiger partial charge in [-0.25, -0.2) is 9.98 Å². The highest BCUT2D eigenvalue weighted by molar-refractivity contribution is 14.0. The Morgan fingerprint density at radius 1 is 1.29 bits per heavy atom. The summed E-state index contributed by atoms with van der Waals surface area (Å²) in [6, 6.07) is 4.03. The lowest BCUT2D eigenvalue weighted by atomic mass is 9.83. The standard InChI is InChI=1S/C23H38N6O.HI/c1-3-23(11-5-6-12-23)17-28-22(25-4-2)27-15-18-9-7-13-26-21(18)29-14-8-10-19(16-29)20(24)30;/h7,9,13,19H,3-6,8,10-12,14-17H2,1-2H3,(H2,24,30)(H2,25,27,28);1H. The molecule has 1 aromatic heterocycles. The van der Waals surface area contributed by atoms with E-state index < -0.39 is 0 Å². The van der Waals surface area contributed by atoms with Crippen LogP contribution in [0.4, 0.5) is 5.82 Å². The molecule has 1 amide bonds. The summed E-state index contributed by atoms with van der Waals surface area (Å²) in [7, 11) is 0. The number of anilines is 1. The molecule has 1 saturated heterocycles. The minimum absolute atomic E-state index is 0. The second kappa shape index (κ2) is 12.5. The molecule has 1 unspecified atom stereocenters. The number of carbonyl (C=O) groups excluding carboxylic acids is 1. The van der Waals surface area contributed by atoms with E-state index in [0.717, 1.165) is 49.8 Å². The summed E-state index contributed by atoms with van der Waals surface area (Å²) in [4.78, 5) is 23.3. The number of halogens is 1. The summed E-state index contributed by atoms with van der Waals surface area (Å²) in [5.74, 6) is 1.46. The average molecular weight is 543 g/mol. The molecule has 0 bridgehead atoms. The number of nitrogens with one attached hydrogen (secondary N) is 2. The Labute approximate surface area is 204 Å². The van der Waals surface area contributed by atoms with E-state index in [4.69, 9.17) is 10.7 Å². The van der Waals surface area contributed by atoms with E-state index in [2.05, 4.69) is 40.4 Å². The summed E-state index contributed by atoms with van der Waals surface area (Å²) in [6.07, 6.45) is 10.1. The lowest BCUT2D eigenvalue weighted by Gasteiger charge is -2.33. The zero-order valence-electron chi connectivity index (χ0n) is 19.0. The van der Waals surface area contributed by atoms with E-state index in [1.807, 2.05) is 12.3 Å². The Morgan fingerprint density at radius 2 is 2.06 bits per heavy atom. The van der Waals surface area contributed by atoms with E-state index in [9.17, 15) is 4.79 Å². The van der Waals surface area contributed by atoms with E-state index in [-0.39, 0.29) is 35.8 Å². The fourth-order valence-electron chi connectivity index (χ4n) is 4.80. The van der Waals surface area contributed by atoms with Crippen molar-refractivity contribution >= 4 is 41.7 Å². The summed E-state index contributed by atoms with van der Waals surface area (Å²) in [5, 5.41) is 6.97. The fraction of sp³-hybridized carbons (Fsp3) is 0.696. The second-order valence-corrected chi connectivity index (χ2v) is 8.78. The first kappa shape index (κ1) is 25.7. The Balaban J connectivity index is 0.00000341. The maximum absolute atomic E-state index is 11.7. The minimum atomic E-state index is -0.217. The van der Waals surface area contributed by atoms with Crippen LogP contribution in [0.1, 0.15) is 64.4 Å². The van der Waals surface area contributed by atoms with E-state index >= 15 is 0 Å². The van der Waals surface area contributed by atoms with Gasteiger partial charge in [0.1, 0.15) is 5.82 Å². The number of rotatable bonds is 8. The Hall–Kier alpha value is -1.58. The largest absolute Gasteiger partial charge is 0.369 e. The number of piperidine rings is 1. The normalized spacial score (nSPS) is 20.8. The van der Waals surface area contributed by atoms with Crippen LogP contribution in [0.3, 0.4) is 0 Å². The Bertz CT molecular complexity index is 735. The van der Waals surface area contributed by atoms with Crippen LogP contribution in [0.2, 0.25) is 0 Å². The van der Waals surface area contributed by atoms with Crippen LogP contribution >= 0.6 is 24.0 Å². The van der Waals surface area contributed by atoms with Crippen LogP contribution in [0.25, 0.3) is 0 Å². The molecule has 1 aromatic rings. The van der Waals surface area contributed by atoms with E-state index in [1.54, 1.807) is 0 Å². The van der Waals surface area contributed by atoms with Gasteiger partial charge in [0.2, 0.25) is 5.91 Å². The highest BCUT2D eigenvalue weighted by Crippen LogP contribution is 2.40. The molecule has 1 saturated carbocycles. The van der Waals surface area contributed by atoms with Crippen molar-refractivity contribution in [3.05, 3.63) is 23.9 Å². The first-order valence-electron chi connectivity index (χ1n) is 11.6. The number of guanidine groups is 1. The molecule has 7 nitrogen and oxygen atoms in total. The molecule has 31 heavy (non-hydrogen) atoms. The number of carbonyl (C=O) groups is 1. The molecule has 2 heterocycles. The van der Waals surface area contributed by atoms with Crippen molar-refractivity contribution in [2.45, 2.75) is 65.3 Å². The molecular formula is C23H39IN6O. The zero-order valence-corrected chi connectivity index (χ0v) is 21.4. The molecule has 174 valence electrons. The van der Waals surface area contributed by atoms with Crippen LogP contribution in [0.5, 0.6) is 0 Å². The molecule has 0 radical (unpaired) electrons. The smallest absolute Gasteiger partial charge is 0.222 e. The SMILES string of the molecule is CCNC(=NCc1cccnc1N1CCCC(C(N)=O)C1)NCC1(CC)CCCC1.I. The summed E-state index contributed by atoms with van der Waals surface area (Å²) < 4.78 is 0. The second-order valence-electron chi connectivity index (χ2n) is 8.78. The predicted octanol–water partition coefficient (Wildman–Crippen LogP) is 3.43. The molecule has 1 aliphatic heterocycles. The van der Waals surface area contributed by atoms with Gasteiger partial charge in [-0.05, 0) is 50.5 Å². The van der Waals surface area contributed by atoms with Crippen LogP contribution in [-0.4, -0.2) is 43.0 Å². The maximum atomic E-state index is 11.7. The average Bonchev–Trinajstić information content (AvgIpc) is 3.25. The molecular weight excluding hydrogens is 503 g/mol. The van der Waals surface area contributed by atoms with Gasteiger partial charge in [-0.15, -0.1) is 24.0 Å². The molecule has 2 fully saturated rings. The number of hydrogen-bond acceptors (Lipinski definition) is 4. The lowest BCUT2D eigenvalue weighted by Crippen LogP contribution is -2.43. The third kappa shape index (κ3) is 6.95. The number of aromatic nitrogens is 1. The number of hydrogen-bond donors (Lipinski definition) is 3. The fourth-order valence-corrected chi connectivity index (χ4v) is 4.80. The van der Waals surface area contributed by atoms with E-state index in [0.29, 0.717) is 18.5 Å². The number of amides is 1. The topological polar surface area (TPSA) is 95.6 Å². The molecule has 3 rings (SSSR count). The molecule has 1 aliphatic carbocycles. The highest BCUT2D eigenvalue weighted by atomic mass is 127. The van der Waals surface area contributed by atoms with Crippen molar-refractivity contribution in [1.29, 1.82) is 0 Å². The first-order valence-corrected chi connectivity index (χ1v) is 11.6. The van der Waals surface area contributed by atoms with Crippen LogP contribution in [0, 0.1) is 11.3 Å². The van der Waals surface area contributed by atoms with Crippen LogP contribution in [-0.2, 0) is 11.3 Å². The van der Waals surface area contributed by atoms with Gasteiger partial charge in [-0.2, -0.15) is 0 Å². The van der Waals surface area contributed by atoms with Crippen LogP contribution in [0.15, 0.2) is 23.3 Å². The quantitative estimate of drug-likeness (QED) is 0.266. The monoisotopic (exact) mass is 542 g/mol. The van der Waals surface area contributed by atoms with Crippen molar-refractivity contribution in [3.8, 4) is 0 Å². The number of primary amides is 1. The third-order valence-corrected chi connectivity index (χ3v) is 6.79. The van der Waals surface area contributed by atoms with Gasteiger partial charge >= 0.3 is 0 Å². The van der Waals surface area contributed by atoms with Gasteiger partial charge in [0, 0.05) is 37.9 Å². The number of nitrogens with zero attached hydrogens (tertiary/aromatic N) is 3. The van der Waals surface area contributed by atoms with Gasteiger partial charge in [-0.1, -0.05) is 25.8 Å². The van der Waals surface area contributed by atoms with Gasteiger partial charge in [0.25, 0.3) is 0 Å². The van der Waals surface area contributed by atoms with Crippen LogP contribution < -0.4 is 21.3 Å². The molecule has 4 N–H and O–H groups in total. The number of pyridine rings is 1. The summed E-state index contributed by atoms with van der Waals surface area (Å²) in [6.45, 7) is 8.29. The molecule has 1 atom stereocenters. The van der Waals surface area contributed by atoms with Crippen molar-refractivity contribution in [2.24, 2.45) is 22.1 Å². The van der Waals surface area contributed by atoms with Gasteiger partial charge < -0.3 is 21.3 Å². The Kier molecular flexibility index (Phi) is 10.3. The van der Waals surface area contributed by atoms with Crippen molar-refractivity contribution < 1.29 is 4.79 Å². The maximum Gasteiger partial charge on any atom is 0.222 e. The lowest BCUT2D eigenvalue weighted by molar-refractivity contribution is -0.122. The third-order valence-electron chi connectivity index (χ3n) is 6.79. The summed E-state index contributed by atoms with van der Waals surface area (Å²) in [5.41, 5.74) is 7.04. The molecule has 0 spiro atoms. The van der Waals surface area contributed by atoms with Gasteiger partial charge in [-0.3, -0.25) is 4.79 Å². The van der Waals surface area contributed by atoms with Crippen molar-refractivity contribution in [2.75, 3.05) is 31.1 Å².